The van der Waals surface area contributed by atoms with Crippen molar-refractivity contribution >= 4 is 39.3 Å². The van der Waals surface area contributed by atoms with E-state index in [2.05, 4.69) is 38.5 Å². The van der Waals surface area contributed by atoms with Gasteiger partial charge in [0.25, 0.3) is 5.91 Å². The summed E-state index contributed by atoms with van der Waals surface area (Å²) in [5, 5.41) is 7.24. The molecule has 7 nitrogen and oxygen atoms in total. The third-order valence-electron chi connectivity index (χ3n) is 2.58. The quantitative estimate of drug-likeness (QED) is 0.675. The summed E-state index contributed by atoms with van der Waals surface area (Å²) < 4.78 is 5.63. The molecule has 0 aliphatic carbocycles. The first-order chi connectivity index (χ1) is 10.4. The summed E-state index contributed by atoms with van der Waals surface area (Å²) in [4.78, 5) is 35.0. The Morgan fingerprint density at radius 2 is 1.95 bits per heavy atom. The monoisotopic (exact) mass is 369 g/mol. The van der Waals surface area contributed by atoms with Crippen molar-refractivity contribution in [3.8, 4) is 5.75 Å². The molecule has 0 saturated heterocycles. The van der Waals surface area contributed by atoms with Crippen LogP contribution in [-0.2, 0) is 9.59 Å². The first-order valence-corrected chi connectivity index (χ1v) is 7.01. The molecule has 0 unspecified atom stereocenters. The number of benzene rings is 1. The molecule has 0 aromatic heterocycles. The van der Waals surface area contributed by atoms with E-state index in [-0.39, 0.29) is 18.1 Å². The van der Waals surface area contributed by atoms with Gasteiger partial charge >= 0.3 is 11.8 Å². The van der Waals surface area contributed by atoms with Crippen molar-refractivity contribution in [2.45, 2.75) is 0 Å². The maximum atomic E-state index is 11.8. The Kier molecular flexibility index (Phi) is 6.58. The second-order valence-electron chi connectivity index (χ2n) is 4.15. The highest BCUT2D eigenvalue weighted by Crippen LogP contribution is 2.25. The van der Waals surface area contributed by atoms with Gasteiger partial charge in [-0.05, 0) is 18.2 Å². The smallest absolute Gasteiger partial charge is 0.313 e. The van der Waals surface area contributed by atoms with E-state index in [0.29, 0.717) is 15.8 Å². The van der Waals surface area contributed by atoms with Crippen molar-refractivity contribution in [1.82, 2.24) is 10.6 Å². The maximum Gasteiger partial charge on any atom is 0.313 e. The number of ether oxygens (including phenoxy) is 1. The van der Waals surface area contributed by atoms with E-state index in [1.165, 1.54) is 26.3 Å². The Labute approximate surface area is 136 Å². The van der Waals surface area contributed by atoms with Gasteiger partial charge in [-0.3, -0.25) is 14.4 Å². The Morgan fingerprint density at radius 1 is 1.27 bits per heavy atom. The van der Waals surface area contributed by atoms with E-state index in [1.807, 2.05) is 0 Å². The van der Waals surface area contributed by atoms with Crippen molar-refractivity contribution in [2.24, 2.45) is 0 Å². The number of carbonyl (C=O) groups excluding carboxylic acids is 3. The molecular formula is C14H16BrN3O4. The number of amides is 3. The maximum absolute atomic E-state index is 11.8. The lowest BCUT2D eigenvalue weighted by Crippen LogP contribution is -2.36. The molecule has 3 N–H and O–H groups in total. The highest BCUT2D eigenvalue weighted by atomic mass is 79.9. The standard InChI is InChI=1S/C14H16BrN3O4/c1-8(15)7-17-13(20)14(21)18-10-6-9(12(19)16-2)4-5-11(10)22-3/h4-6H,1,7H2,2-3H3,(H,16,19)(H,17,20)(H,18,21). The summed E-state index contributed by atoms with van der Waals surface area (Å²) in [6.07, 6.45) is 0. The summed E-state index contributed by atoms with van der Waals surface area (Å²) in [6, 6.07) is 4.49. The first kappa shape index (κ1) is 17.7. The van der Waals surface area contributed by atoms with Crippen LogP contribution in [0.3, 0.4) is 0 Å². The van der Waals surface area contributed by atoms with Crippen LogP contribution in [0.1, 0.15) is 10.4 Å². The van der Waals surface area contributed by atoms with Gasteiger partial charge in [0.05, 0.1) is 12.8 Å². The van der Waals surface area contributed by atoms with E-state index in [1.54, 1.807) is 6.07 Å². The van der Waals surface area contributed by atoms with Gasteiger partial charge in [0.2, 0.25) is 0 Å². The van der Waals surface area contributed by atoms with Crippen LogP contribution in [-0.4, -0.2) is 38.4 Å². The molecule has 0 atom stereocenters. The normalized spacial score (nSPS) is 9.59. The molecule has 0 bridgehead atoms. The minimum Gasteiger partial charge on any atom is -0.495 e. The lowest BCUT2D eigenvalue weighted by atomic mass is 10.1. The highest BCUT2D eigenvalue weighted by Gasteiger charge is 2.17. The van der Waals surface area contributed by atoms with E-state index in [0.717, 1.165) is 0 Å². The number of carbonyl (C=O) groups is 3. The molecule has 1 aromatic rings. The molecule has 8 heteroatoms. The zero-order valence-corrected chi connectivity index (χ0v) is 13.7. The number of halogens is 1. The van der Waals surface area contributed by atoms with Crippen LogP contribution < -0.4 is 20.7 Å². The average molecular weight is 370 g/mol. The van der Waals surface area contributed by atoms with Gasteiger partial charge in [-0.2, -0.15) is 0 Å². The Hall–Kier alpha value is -2.35. The highest BCUT2D eigenvalue weighted by molar-refractivity contribution is 9.11. The van der Waals surface area contributed by atoms with Gasteiger partial charge in [-0.1, -0.05) is 22.5 Å². The minimum absolute atomic E-state index is 0.127. The predicted octanol–water partition coefficient (Wildman–Crippen LogP) is 1.02. The number of rotatable bonds is 5. The molecule has 118 valence electrons. The van der Waals surface area contributed by atoms with Crippen LogP contribution in [0.15, 0.2) is 29.3 Å². The Balaban J connectivity index is 2.90. The van der Waals surface area contributed by atoms with Crippen LogP contribution in [0.25, 0.3) is 0 Å². The first-order valence-electron chi connectivity index (χ1n) is 6.21. The molecule has 3 amide bonds. The molecule has 0 spiro atoms. The van der Waals surface area contributed by atoms with Crippen molar-refractivity contribution in [3.05, 3.63) is 34.8 Å². The van der Waals surface area contributed by atoms with Crippen molar-refractivity contribution < 1.29 is 19.1 Å². The predicted molar refractivity (Wildman–Crippen MR) is 86.1 cm³/mol. The molecule has 1 aromatic carbocycles. The van der Waals surface area contributed by atoms with Gasteiger partial charge in [0, 0.05) is 23.6 Å². The van der Waals surface area contributed by atoms with Gasteiger partial charge in [-0.25, -0.2) is 0 Å². The van der Waals surface area contributed by atoms with Crippen LogP contribution in [0, 0.1) is 0 Å². The van der Waals surface area contributed by atoms with Crippen molar-refractivity contribution in [1.29, 1.82) is 0 Å². The summed E-state index contributed by atoms with van der Waals surface area (Å²) in [5.41, 5.74) is 0.550. The van der Waals surface area contributed by atoms with Crippen molar-refractivity contribution in [3.63, 3.8) is 0 Å². The number of hydrogen-bond acceptors (Lipinski definition) is 4. The van der Waals surface area contributed by atoms with Gasteiger partial charge in [0.1, 0.15) is 5.75 Å². The summed E-state index contributed by atoms with van der Waals surface area (Å²) in [6.45, 7) is 3.67. The average Bonchev–Trinajstić information content (AvgIpc) is 2.51. The van der Waals surface area contributed by atoms with Gasteiger partial charge in [-0.15, -0.1) is 0 Å². The zero-order valence-electron chi connectivity index (χ0n) is 12.2. The molecule has 0 heterocycles. The number of nitrogens with one attached hydrogen (secondary N) is 3. The molecular weight excluding hydrogens is 354 g/mol. The molecule has 1 rings (SSSR count). The van der Waals surface area contributed by atoms with E-state index in [4.69, 9.17) is 4.74 Å². The molecule has 0 aliphatic rings. The summed E-state index contributed by atoms with van der Waals surface area (Å²) >= 11 is 3.07. The molecule has 0 aliphatic heterocycles. The lowest BCUT2D eigenvalue weighted by molar-refractivity contribution is -0.136. The fourth-order valence-electron chi connectivity index (χ4n) is 1.53. The van der Waals surface area contributed by atoms with Crippen LogP contribution >= 0.6 is 15.9 Å². The topological polar surface area (TPSA) is 96.5 Å². The Bertz CT molecular complexity index is 616. The SMILES string of the molecule is C=C(Br)CNC(=O)C(=O)Nc1cc(C(=O)NC)ccc1OC. The Morgan fingerprint density at radius 3 is 2.50 bits per heavy atom. The van der Waals surface area contributed by atoms with Gasteiger partial charge < -0.3 is 20.7 Å². The van der Waals surface area contributed by atoms with Crippen molar-refractivity contribution in [2.75, 3.05) is 26.0 Å². The number of hydrogen-bond donors (Lipinski definition) is 3. The zero-order chi connectivity index (χ0) is 16.7. The van der Waals surface area contributed by atoms with Crippen LogP contribution in [0.4, 0.5) is 5.69 Å². The number of methoxy groups -OCH3 is 1. The van der Waals surface area contributed by atoms with E-state index >= 15 is 0 Å². The van der Waals surface area contributed by atoms with Crippen LogP contribution in [0.5, 0.6) is 5.75 Å². The molecule has 0 radical (unpaired) electrons. The van der Waals surface area contributed by atoms with E-state index in [9.17, 15) is 14.4 Å². The second kappa shape index (κ2) is 8.18. The third kappa shape index (κ3) is 4.88. The van der Waals surface area contributed by atoms with Crippen LogP contribution in [0.2, 0.25) is 0 Å². The summed E-state index contributed by atoms with van der Waals surface area (Å²) in [7, 11) is 2.91. The molecule has 0 fully saturated rings. The second-order valence-corrected chi connectivity index (χ2v) is 5.27. The lowest BCUT2D eigenvalue weighted by Gasteiger charge is -2.11. The van der Waals surface area contributed by atoms with Gasteiger partial charge in [0.15, 0.2) is 0 Å². The fraction of sp³-hybridized carbons (Fsp3) is 0.214. The minimum atomic E-state index is -0.874. The molecule has 0 saturated carbocycles. The molecule has 22 heavy (non-hydrogen) atoms. The fourth-order valence-corrected chi connectivity index (χ4v) is 1.67. The summed E-state index contributed by atoms with van der Waals surface area (Å²) in [5.74, 6) is -1.69. The van der Waals surface area contributed by atoms with E-state index < -0.39 is 11.8 Å². The third-order valence-corrected chi connectivity index (χ3v) is 2.86. The number of anilines is 1. The largest absolute Gasteiger partial charge is 0.495 e.